The molecular formula is C21H20ClN3OS. The highest BCUT2D eigenvalue weighted by atomic mass is 35.5. The highest BCUT2D eigenvalue weighted by Crippen LogP contribution is 2.18. The van der Waals surface area contributed by atoms with E-state index in [-0.39, 0.29) is 12.3 Å². The van der Waals surface area contributed by atoms with Crippen molar-refractivity contribution >= 4 is 45.6 Å². The highest BCUT2D eigenvalue weighted by Gasteiger charge is 2.07. The lowest BCUT2D eigenvalue weighted by atomic mass is 10.0. The van der Waals surface area contributed by atoms with E-state index in [4.69, 9.17) is 23.8 Å². The van der Waals surface area contributed by atoms with Crippen LogP contribution >= 0.6 is 23.8 Å². The summed E-state index contributed by atoms with van der Waals surface area (Å²) in [5.74, 6) is -0.145. The molecule has 0 aliphatic heterocycles. The van der Waals surface area contributed by atoms with Gasteiger partial charge in [-0.3, -0.25) is 15.6 Å². The maximum Gasteiger partial charge on any atom is 0.242 e. The molecule has 1 amide bonds. The van der Waals surface area contributed by atoms with Crippen LogP contribution in [0.4, 0.5) is 0 Å². The van der Waals surface area contributed by atoms with E-state index in [0.717, 1.165) is 33.3 Å². The number of carbonyl (C=O) groups excluding carboxylic acids is 1. The van der Waals surface area contributed by atoms with Crippen molar-refractivity contribution in [3.8, 4) is 0 Å². The van der Waals surface area contributed by atoms with Crippen molar-refractivity contribution in [1.29, 1.82) is 0 Å². The van der Waals surface area contributed by atoms with Gasteiger partial charge in [0.1, 0.15) is 0 Å². The van der Waals surface area contributed by atoms with Crippen LogP contribution in [0, 0.1) is 0 Å². The molecule has 0 aliphatic rings. The third kappa shape index (κ3) is 5.67. The fraction of sp³-hybridized carbons (Fsp3) is 0.143. The van der Waals surface area contributed by atoms with Gasteiger partial charge in [0.05, 0.1) is 6.42 Å². The Balaban J connectivity index is 1.43. The molecule has 0 aliphatic carbocycles. The van der Waals surface area contributed by atoms with Crippen LogP contribution in [0.3, 0.4) is 0 Å². The minimum Gasteiger partial charge on any atom is -0.361 e. The van der Waals surface area contributed by atoms with Crippen LogP contribution in [0.15, 0.2) is 66.7 Å². The van der Waals surface area contributed by atoms with E-state index < -0.39 is 0 Å². The summed E-state index contributed by atoms with van der Waals surface area (Å²) in [4.78, 5) is 12.2. The Labute approximate surface area is 168 Å². The third-order valence-electron chi connectivity index (χ3n) is 4.16. The number of benzene rings is 3. The molecular weight excluding hydrogens is 378 g/mol. The number of nitrogens with one attached hydrogen (secondary N) is 3. The Morgan fingerprint density at radius 1 is 0.926 bits per heavy atom. The predicted molar refractivity (Wildman–Crippen MR) is 115 cm³/mol. The maximum absolute atomic E-state index is 12.2. The molecule has 0 heterocycles. The number of hydrogen-bond donors (Lipinski definition) is 3. The minimum absolute atomic E-state index is 0.145. The van der Waals surface area contributed by atoms with Crippen LogP contribution in [0.2, 0.25) is 5.02 Å². The first-order chi connectivity index (χ1) is 13.1. The van der Waals surface area contributed by atoms with Gasteiger partial charge in [-0.1, -0.05) is 66.2 Å². The van der Waals surface area contributed by atoms with Crippen molar-refractivity contribution in [2.45, 2.75) is 12.8 Å². The number of thiocarbonyl (C=S) groups is 1. The van der Waals surface area contributed by atoms with Gasteiger partial charge in [-0.05, 0) is 52.7 Å². The van der Waals surface area contributed by atoms with Gasteiger partial charge in [0.2, 0.25) is 5.91 Å². The van der Waals surface area contributed by atoms with E-state index in [2.05, 4.69) is 16.2 Å². The molecule has 0 unspecified atom stereocenters. The standard InChI is InChI=1S/C21H20ClN3OS/c22-18-10-8-15(9-11-18)12-13-23-21(27)25-24-20(26)14-17-6-3-5-16-4-1-2-7-19(16)17/h1-11H,12-14H2,(H,24,26)(H2,23,25,27). The SMILES string of the molecule is O=C(Cc1cccc2ccccc12)NNC(=S)NCCc1ccc(Cl)cc1. The molecule has 3 rings (SSSR count). The Hall–Kier alpha value is -2.63. The van der Waals surface area contributed by atoms with Crippen molar-refractivity contribution in [1.82, 2.24) is 16.2 Å². The number of hydrogen-bond acceptors (Lipinski definition) is 2. The Morgan fingerprint density at radius 2 is 1.67 bits per heavy atom. The molecule has 138 valence electrons. The van der Waals surface area contributed by atoms with Gasteiger partial charge >= 0.3 is 0 Å². The zero-order valence-corrected chi connectivity index (χ0v) is 16.2. The zero-order chi connectivity index (χ0) is 19.1. The summed E-state index contributed by atoms with van der Waals surface area (Å²) < 4.78 is 0. The predicted octanol–water partition coefficient (Wildman–Crippen LogP) is 3.77. The average Bonchev–Trinajstić information content (AvgIpc) is 2.68. The summed E-state index contributed by atoms with van der Waals surface area (Å²) in [6, 6.07) is 21.7. The van der Waals surface area contributed by atoms with Gasteiger partial charge < -0.3 is 5.32 Å². The molecule has 27 heavy (non-hydrogen) atoms. The van der Waals surface area contributed by atoms with Crippen LogP contribution in [0.25, 0.3) is 10.8 Å². The smallest absolute Gasteiger partial charge is 0.242 e. The largest absolute Gasteiger partial charge is 0.361 e. The van der Waals surface area contributed by atoms with Crippen LogP contribution in [-0.4, -0.2) is 17.6 Å². The van der Waals surface area contributed by atoms with Gasteiger partial charge in [-0.25, -0.2) is 0 Å². The molecule has 0 saturated heterocycles. The monoisotopic (exact) mass is 397 g/mol. The first-order valence-electron chi connectivity index (χ1n) is 8.65. The van der Waals surface area contributed by atoms with Crippen LogP contribution < -0.4 is 16.2 Å². The quantitative estimate of drug-likeness (QED) is 0.453. The van der Waals surface area contributed by atoms with Crippen LogP contribution in [-0.2, 0) is 17.6 Å². The first kappa shape index (κ1) is 19.1. The van der Waals surface area contributed by atoms with E-state index in [1.54, 1.807) is 0 Å². The summed E-state index contributed by atoms with van der Waals surface area (Å²) in [5, 5.41) is 6.37. The van der Waals surface area contributed by atoms with Crippen molar-refractivity contribution in [3.63, 3.8) is 0 Å². The molecule has 0 saturated carbocycles. The Morgan fingerprint density at radius 3 is 2.48 bits per heavy atom. The molecule has 0 aromatic heterocycles. The maximum atomic E-state index is 12.2. The van der Waals surface area contributed by atoms with Gasteiger partial charge in [0, 0.05) is 11.6 Å². The van der Waals surface area contributed by atoms with Crippen LogP contribution in [0.1, 0.15) is 11.1 Å². The van der Waals surface area contributed by atoms with Gasteiger partial charge in [0.25, 0.3) is 0 Å². The van der Waals surface area contributed by atoms with Crippen LogP contribution in [0.5, 0.6) is 0 Å². The molecule has 0 radical (unpaired) electrons. The summed E-state index contributed by atoms with van der Waals surface area (Å²) in [6.45, 7) is 0.659. The lowest BCUT2D eigenvalue weighted by molar-refractivity contribution is -0.120. The fourth-order valence-electron chi connectivity index (χ4n) is 2.81. The second-order valence-electron chi connectivity index (χ2n) is 6.12. The molecule has 0 atom stereocenters. The van der Waals surface area contributed by atoms with E-state index in [1.165, 1.54) is 0 Å². The molecule has 3 N–H and O–H groups in total. The number of hydrazine groups is 1. The van der Waals surface area contributed by atoms with E-state index in [1.807, 2.05) is 66.7 Å². The molecule has 0 fully saturated rings. The molecule has 0 bridgehead atoms. The van der Waals surface area contributed by atoms with E-state index in [0.29, 0.717) is 11.7 Å². The number of fused-ring (bicyclic) bond motifs is 1. The molecule has 6 heteroatoms. The number of amides is 1. The second kappa shape index (κ2) is 9.35. The lowest BCUT2D eigenvalue weighted by Crippen LogP contribution is -2.47. The summed E-state index contributed by atoms with van der Waals surface area (Å²) in [5.41, 5.74) is 7.53. The third-order valence-corrected chi connectivity index (χ3v) is 4.66. The fourth-order valence-corrected chi connectivity index (χ4v) is 3.09. The van der Waals surface area contributed by atoms with Crippen molar-refractivity contribution in [2.24, 2.45) is 0 Å². The zero-order valence-electron chi connectivity index (χ0n) is 14.7. The van der Waals surface area contributed by atoms with Crippen molar-refractivity contribution in [2.75, 3.05) is 6.54 Å². The topological polar surface area (TPSA) is 53.2 Å². The highest BCUT2D eigenvalue weighted by molar-refractivity contribution is 7.80. The second-order valence-corrected chi connectivity index (χ2v) is 6.97. The molecule has 3 aromatic rings. The van der Waals surface area contributed by atoms with E-state index in [9.17, 15) is 4.79 Å². The lowest BCUT2D eigenvalue weighted by Gasteiger charge is -2.12. The van der Waals surface area contributed by atoms with Gasteiger partial charge in [0.15, 0.2) is 5.11 Å². The summed E-state index contributed by atoms with van der Waals surface area (Å²) >= 11 is 11.1. The number of rotatable bonds is 5. The molecule has 0 spiro atoms. The number of halogens is 1. The van der Waals surface area contributed by atoms with E-state index >= 15 is 0 Å². The Bertz CT molecular complexity index is 938. The first-order valence-corrected chi connectivity index (χ1v) is 9.44. The number of carbonyl (C=O) groups is 1. The minimum atomic E-state index is -0.145. The molecule has 4 nitrogen and oxygen atoms in total. The van der Waals surface area contributed by atoms with Gasteiger partial charge in [-0.15, -0.1) is 0 Å². The van der Waals surface area contributed by atoms with Gasteiger partial charge in [-0.2, -0.15) is 0 Å². The normalized spacial score (nSPS) is 10.4. The van der Waals surface area contributed by atoms with Crippen molar-refractivity contribution in [3.05, 3.63) is 82.9 Å². The average molecular weight is 398 g/mol. The molecule has 3 aromatic carbocycles. The van der Waals surface area contributed by atoms with Crippen molar-refractivity contribution < 1.29 is 4.79 Å². The summed E-state index contributed by atoms with van der Waals surface area (Å²) in [6.07, 6.45) is 1.09. The summed E-state index contributed by atoms with van der Waals surface area (Å²) in [7, 11) is 0. The Kier molecular flexibility index (Phi) is 6.63.